The zero-order chi connectivity index (χ0) is 7.68. The maximum atomic E-state index is 9.39. The molecule has 0 aliphatic carbocycles. The van der Waals surface area contributed by atoms with Crippen LogP contribution in [0.25, 0.3) is 0 Å². The molecule has 0 aromatic rings. The van der Waals surface area contributed by atoms with Crippen molar-refractivity contribution in [2.75, 3.05) is 26.2 Å². The number of aliphatic hydroxyl groups excluding tert-OH is 1. The van der Waals surface area contributed by atoms with Gasteiger partial charge < -0.3 is 10.4 Å². The highest BCUT2D eigenvalue weighted by atomic mass is 16.3. The molecule has 3 heteroatoms. The van der Waals surface area contributed by atoms with Gasteiger partial charge in [0.25, 0.3) is 0 Å². The van der Waals surface area contributed by atoms with E-state index < -0.39 is 0 Å². The maximum Gasteiger partial charge on any atom is 0.0667 e. The topological polar surface area (TPSA) is 35.5 Å². The van der Waals surface area contributed by atoms with Crippen LogP contribution in [0.15, 0.2) is 0 Å². The van der Waals surface area contributed by atoms with Gasteiger partial charge in [-0.05, 0) is 12.8 Å². The van der Waals surface area contributed by atoms with E-state index in [2.05, 4.69) is 10.2 Å². The molecule has 0 spiro atoms. The standard InChI is InChI=1S/C8H16N2O/c11-8-2-1-7-5-9-3-4-10(7)6-8/h7-9,11H,1-6H2. The molecular formula is C8H16N2O. The number of hydrogen-bond donors (Lipinski definition) is 2. The van der Waals surface area contributed by atoms with Crippen molar-refractivity contribution in [3.8, 4) is 0 Å². The van der Waals surface area contributed by atoms with Crippen LogP contribution in [0.3, 0.4) is 0 Å². The van der Waals surface area contributed by atoms with Gasteiger partial charge in [-0.2, -0.15) is 0 Å². The SMILES string of the molecule is OC1CCC2CNCCN2C1. The Labute approximate surface area is 67.4 Å². The Morgan fingerprint density at radius 1 is 1.36 bits per heavy atom. The Bertz CT molecular complexity index is 140. The van der Waals surface area contributed by atoms with Crippen LogP contribution in [0.1, 0.15) is 12.8 Å². The third kappa shape index (κ3) is 1.55. The molecule has 2 aliphatic rings. The number of piperazine rings is 1. The van der Waals surface area contributed by atoms with Gasteiger partial charge in [-0.3, -0.25) is 4.90 Å². The lowest BCUT2D eigenvalue weighted by Gasteiger charge is -2.41. The quantitative estimate of drug-likeness (QED) is 0.492. The lowest BCUT2D eigenvalue weighted by molar-refractivity contribution is 0.0243. The van der Waals surface area contributed by atoms with E-state index in [1.165, 1.54) is 0 Å². The summed E-state index contributed by atoms with van der Waals surface area (Å²) in [5, 5.41) is 12.8. The predicted octanol–water partition coefficient (Wildman–Crippen LogP) is -0.585. The van der Waals surface area contributed by atoms with Crippen molar-refractivity contribution in [2.24, 2.45) is 0 Å². The second kappa shape index (κ2) is 3.09. The van der Waals surface area contributed by atoms with Crippen LogP contribution in [-0.4, -0.2) is 48.3 Å². The fraction of sp³-hybridized carbons (Fsp3) is 1.00. The van der Waals surface area contributed by atoms with Gasteiger partial charge in [0, 0.05) is 32.2 Å². The van der Waals surface area contributed by atoms with Crippen molar-refractivity contribution in [1.82, 2.24) is 10.2 Å². The van der Waals surface area contributed by atoms with E-state index in [-0.39, 0.29) is 6.10 Å². The molecule has 2 fully saturated rings. The van der Waals surface area contributed by atoms with E-state index in [0.717, 1.165) is 39.0 Å². The summed E-state index contributed by atoms with van der Waals surface area (Å²) in [6.07, 6.45) is 2.08. The number of fused-ring (bicyclic) bond motifs is 1. The molecule has 2 rings (SSSR count). The molecule has 2 aliphatic heterocycles. The van der Waals surface area contributed by atoms with Gasteiger partial charge in [0.2, 0.25) is 0 Å². The van der Waals surface area contributed by atoms with Gasteiger partial charge in [0.05, 0.1) is 6.10 Å². The second-order valence-electron chi connectivity index (χ2n) is 3.58. The van der Waals surface area contributed by atoms with Crippen molar-refractivity contribution < 1.29 is 5.11 Å². The van der Waals surface area contributed by atoms with E-state index >= 15 is 0 Å². The number of nitrogens with zero attached hydrogens (tertiary/aromatic N) is 1. The van der Waals surface area contributed by atoms with Crippen LogP contribution in [0.2, 0.25) is 0 Å². The highest BCUT2D eigenvalue weighted by Gasteiger charge is 2.28. The summed E-state index contributed by atoms with van der Waals surface area (Å²) in [5.41, 5.74) is 0. The Morgan fingerprint density at radius 3 is 3.18 bits per heavy atom. The van der Waals surface area contributed by atoms with Crippen LogP contribution >= 0.6 is 0 Å². The minimum absolute atomic E-state index is 0.0654. The molecule has 0 aromatic carbocycles. The largest absolute Gasteiger partial charge is 0.392 e. The van der Waals surface area contributed by atoms with Gasteiger partial charge in [0.15, 0.2) is 0 Å². The fourth-order valence-electron chi connectivity index (χ4n) is 2.07. The number of hydrogen-bond acceptors (Lipinski definition) is 3. The number of rotatable bonds is 0. The highest BCUT2D eigenvalue weighted by molar-refractivity contribution is 4.85. The molecular weight excluding hydrogens is 140 g/mol. The molecule has 2 saturated heterocycles. The normalized spacial score (nSPS) is 40.1. The van der Waals surface area contributed by atoms with E-state index in [1.807, 2.05) is 0 Å². The van der Waals surface area contributed by atoms with Crippen LogP contribution in [0.4, 0.5) is 0 Å². The first-order valence-electron chi connectivity index (χ1n) is 4.49. The first kappa shape index (κ1) is 7.53. The van der Waals surface area contributed by atoms with Crippen molar-refractivity contribution in [2.45, 2.75) is 25.0 Å². The molecule has 2 unspecified atom stereocenters. The van der Waals surface area contributed by atoms with E-state index in [4.69, 9.17) is 0 Å². The smallest absolute Gasteiger partial charge is 0.0667 e. The summed E-state index contributed by atoms with van der Waals surface area (Å²) in [5.74, 6) is 0. The van der Waals surface area contributed by atoms with Crippen LogP contribution in [0.5, 0.6) is 0 Å². The monoisotopic (exact) mass is 156 g/mol. The molecule has 0 aromatic heterocycles. The van der Waals surface area contributed by atoms with Gasteiger partial charge in [0.1, 0.15) is 0 Å². The Morgan fingerprint density at radius 2 is 2.27 bits per heavy atom. The molecule has 0 saturated carbocycles. The van der Waals surface area contributed by atoms with Gasteiger partial charge in [-0.15, -0.1) is 0 Å². The molecule has 2 heterocycles. The molecule has 2 atom stereocenters. The average Bonchev–Trinajstić information content (AvgIpc) is 2.04. The third-order valence-corrected chi connectivity index (χ3v) is 2.75. The molecule has 0 radical (unpaired) electrons. The average molecular weight is 156 g/mol. The van der Waals surface area contributed by atoms with E-state index in [0.29, 0.717) is 6.04 Å². The number of piperidine rings is 1. The minimum atomic E-state index is -0.0654. The van der Waals surface area contributed by atoms with Crippen molar-refractivity contribution in [3.63, 3.8) is 0 Å². The molecule has 2 N–H and O–H groups in total. The Kier molecular flexibility index (Phi) is 2.11. The molecule has 3 nitrogen and oxygen atoms in total. The first-order chi connectivity index (χ1) is 5.36. The highest BCUT2D eigenvalue weighted by Crippen LogP contribution is 2.17. The lowest BCUT2D eigenvalue weighted by atomic mass is 9.99. The summed E-state index contributed by atoms with van der Waals surface area (Å²) < 4.78 is 0. The molecule has 0 amide bonds. The minimum Gasteiger partial charge on any atom is -0.392 e. The van der Waals surface area contributed by atoms with Crippen LogP contribution < -0.4 is 5.32 Å². The van der Waals surface area contributed by atoms with Crippen molar-refractivity contribution in [1.29, 1.82) is 0 Å². The van der Waals surface area contributed by atoms with Gasteiger partial charge in [-0.1, -0.05) is 0 Å². The van der Waals surface area contributed by atoms with Gasteiger partial charge in [-0.25, -0.2) is 0 Å². The first-order valence-corrected chi connectivity index (χ1v) is 4.49. The zero-order valence-electron chi connectivity index (χ0n) is 6.79. The summed E-state index contributed by atoms with van der Waals surface area (Å²) in [6, 6.07) is 0.701. The summed E-state index contributed by atoms with van der Waals surface area (Å²) in [6.45, 7) is 4.21. The third-order valence-electron chi connectivity index (χ3n) is 2.75. The number of nitrogens with one attached hydrogen (secondary N) is 1. The fourth-order valence-corrected chi connectivity index (χ4v) is 2.07. The van der Waals surface area contributed by atoms with Crippen molar-refractivity contribution in [3.05, 3.63) is 0 Å². The van der Waals surface area contributed by atoms with E-state index in [1.54, 1.807) is 0 Å². The van der Waals surface area contributed by atoms with Crippen molar-refractivity contribution >= 4 is 0 Å². The second-order valence-corrected chi connectivity index (χ2v) is 3.58. The van der Waals surface area contributed by atoms with Gasteiger partial charge >= 0.3 is 0 Å². The zero-order valence-corrected chi connectivity index (χ0v) is 6.79. The summed E-state index contributed by atoms with van der Waals surface area (Å²) in [7, 11) is 0. The number of aliphatic hydroxyl groups is 1. The maximum absolute atomic E-state index is 9.39. The van der Waals surface area contributed by atoms with Crippen LogP contribution in [-0.2, 0) is 0 Å². The molecule has 0 bridgehead atoms. The summed E-state index contributed by atoms with van der Waals surface area (Å²) in [4.78, 5) is 2.41. The molecule has 64 valence electrons. The predicted molar refractivity (Wildman–Crippen MR) is 43.5 cm³/mol. The Balaban J connectivity index is 1.93. The summed E-state index contributed by atoms with van der Waals surface area (Å²) >= 11 is 0. The Hall–Kier alpha value is -0.120. The molecule has 11 heavy (non-hydrogen) atoms. The van der Waals surface area contributed by atoms with E-state index in [9.17, 15) is 5.11 Å². The lowest BCUT2D eigenvalue weighted by Crippen LogP contribution is -2.56. The van der Waals surface area contributed by atoms with Crippen LogP contribution in [0, 0.1) is 0 Å².